The fourth-order valence-corrected chi connectivity index (χ4v) is 4.20. The Labute approximate surface area is 203 Å². The Bertz CT molecular complexity index is 1520. The van der Waals surface area contributed by atoms with Gasteiger partial charge in [0.1, 0.15) is 5.82 Å². The number of aromatic nitrogens is 4. The molecule has 2 heterocycles. The van der Waals surface area contributed by atoms with E-state index in [2.05, 4.69) is 41.2 Å². The predicted molar refractivity (Wildman–Crippen MR) is 132 cm³/mol. The number of benzene rings is 3. The molecule has 0 atom stereocenters. The average Bonchev–Trinajstić information content (AvgIpc) is 3.50. The maximum atomic E-state index is 12.4. The molecule has 0 aliphatic carbocycles. The van der Waals surface area contributed by atoms with E-state index in [0.29, 0.717) is 11.5 Å². The number of fused-ring (bicyclic) bond motifs is 1. The fourth-order valence-electron chi connectivity index (χ4n) is 3.54. The quantitative estimate of drug-likeness (QED) is 0.133. The molecule has 0 bridgehead atoms. The number of carbonyl (C=O) groups is 1. The number of nitro benzene ring substituents is 1. The van der Waals surface area contributed by atoms with Crippen molar-refractivity contribution < 1.29 is 14.1 Å². The molecule has 35 heavy (non-hydrogen) atoms. The Morgan fingerprint density at radius 3 is 2.40 bits per heavy atom. The van der Waals surface area contributed by atoms with Crippen molar-refractivity contribution in [3.05, 3.63) is 87.5 Å². The minimum atomic E-state index is -0.506. The van der Waals surface area contributed by atoms with E-state index in [0.717, 1.165) is 39.7 Å². The lowest BCUT2D eigenvalue weighted by molar-refractivity contribution is -0.384. The number of aryl methyl sites for hydroxylation is 2. The van der Waals surface area contributed by atoms with Crippen molar-refractivity contribution in [3.8, 4) is 22.8 Å². The SMILES string of the molecule is Cc1cc2nc(-c3ccc(-c4nnc(SCC(=O)c5ccc([N+](=O)[O-])cc5)o4)cc3)[nH]c2cc1C. The van der Waals surface area contributed by atoms with Crippen LogP contribution in [0, 0.1) is 24.0 Å². The van der Waals surface area contributed by atoms with Crippen LogP contribution in [0.15, 0.2) is 70.3 Å². The summed E-state index contributed by atoms with van der Waals surface area (Å²) in [5.41, 5.74) is 6.33. The molecule has 5 aromatic rings. The Hall–Kier alpha value is -4.31. The van der Waals surface area contributed by atoms with Crippen molar-refractivity contribution in [2.24, 2.45) is 0 Å². The highest BCUT2D eigenvalue weighted by atomic mass is 32.2. The molecule has 2 aromatic heterocycles. The summed E-state index contributed by atoms with van der Waals surface area (Å²) in [4.78, 5) is 30.7. The first-order valence-electron chi connectivity index (χ1n) is 10.7. The average molecular weight is 486 g/mol. The molecular weight excluding hydrogens is 466 g/mol. The second kappa shape index (κ2) is 9.15. The van der Waals surface area contributed by atoms with Crippen molar-refractivity contribution in [1.29, 1.82) is 0 Å². The van der Waals surface area contributed by atoms with Gasteiger partial charge in [-0.3, -0.25) is 14.9 Å². The molecule has 1 N–H and O–H groups in total. The zero-order valence-electron chi connectivity index (χ0n) is 18.8. The van der Waals surface area contributed by atoms with E-state index in [-0.39, 0.29) is 22.4 Å². The van der Waals surface area contributed by atoms with Crippen LogP contribution in [0.1, 0.15) is 21.5 Å². The fraction of sp³-hybridized carbons (Fsp3) is 0.120. The Kier molecular flexibility index (Phi) is 5.87. The van der Waals surface area contributed by atoms with Gasteiger partial charge >= 0.3 is 0 Å². The van der Waals surface area contributed by atoms with E-state index in [4.69, 9.17) is 9.40 Å². The van der Waals surface area contributed by atoms with Gasteiger partial charge in [0.2, 0.25) is 5.89 Å². The number of rotatable bonds is 7. The summed E-state index contributed by atoms with van der Waals surface area (Å²) in [5, 5.41) is 19.1. The van der Waals surface area contributed by atoms with Crippen LogP contribution in [-0.2, 0) is 0 Å². The molecule has 0 spiro atoms. The molecule has 0 aliphatic rings. The smallest absolute Gasteiger partial charge is 0.277 e. The van der Waals surface area contributed by atoms with E-state index in [1.165, 1.54) is 35.4 Å². The highest BCUT2D eigenvalue weighted by Gasteiger charge is 2.14. The number of nitrogens with zero attached hydrogens (tertiary/aromatic N) is 4. The number of thioether (sulfide) groups is 1. The number of carbonyl (C=O) groups excluding carboxylic acids is 1. The van der Waals surface area contributed by atoms with Gasteiger partial charge in [-0.1, -0.05) is 23.9 Å². The van der Waals surface area contributed by atoms with Crippen molar-refractivity contribution in [2.75, 3.05) is 5.75 Å². The van der Waals surface area contributed by atoms with Crippen molar-refractivity contribution in [3.63, 3.8) is 0 Å². The summed E-state index contributed by atoms with van der Waals surface area (Å²) in [5.74, 6) is 1.01. The number of aromatic amines is 1. The van der Waals surface area contributed by atoms with Crippen LogP contribution in [0.5, 0.6) is 0 Å². The lowest BCUT2D eigenvalue weighted by atomic mass is 10.1. The zero-order chi connectivity index (χ0) is 24.5. The number of H-pyrrole nitrogens is 1. The Morgan fingerprint density at radius 1 is 1.00 bits per heavy atom. The van der Waals surface area contributed by atoms with Crippen LogP contribution in [0.3, 0.4) is 0 Å². The maximum Gasteiger partial charge on any atom is 0.277 e. The molecule has 0 unspecified atom stereocenters. The first-order valence-corrected chi connectivity index (χ1v) is 11.7. The van der Waals surface area contributed by atoms with Gasteiger partial charge in [0.05, 0.1) is 21.7 Å². The molecule has 0 radical (unpaired) electrons. The number of ketones is 1. The molecular formula is C25H19N5O4S. The van der Waals surface area contributed by atoms with E-state index in [9.17, 15) is 14.9 Å². The van der Waals surface area contributed by atoms with Gasteiger partial charge in [-0.2, -0.15) is 0 Å². The maximum absolute atomic E-state index is 12.4. The first-order chi connectivity index (χ1) is 16.9. The number of nitrogens with one attached hydrogen (secondary N) is 1. The van der Waals surface area contributed by atoms with Gasteiger partial charge in [-0.05, 0) is 61.4 Å². The number of non-ortho nitro benzene ring substituents is 1. The summed E-state index contributed by atoms with van der Waals surface area (Å²) >= 11 is 1.12. The highest BCUT2D eigenvalue weighted by molar-refractivity contribution is 7.99. The van der Waals surface area contributed by atoms with Crippen molar-refractivity contribution in [2.45, 2.75) is 19.1 Å². The number of nitro groups is 1. The molecule has 0 aliphatic heterocycles. The van der Waals surface area contributed by atoms with Gasteiger partial charge in [0, 0.05) is 28.8 Å². The molecule has 174 valence electrons. The molecule has 5 rings (SSSR count). The number of Topliss-reactive ketones (excluding diaryl/α,β-unsaturated/α-hetero) is 1. The van der Waals surface area contributed by atoms with Gasteiger partial charge in [0.25, 0.3) is 10.9 Å². The van der Waals surface area contributed by atoms with E-state index >= 15 is 0 Å². The van der Waals surface area contributed by atoms with Gasteiger partial charge < -0.3 is 9.40 Å². The van der Waals surface area contributed by atoms with Crippen LogP contribution < -0.4 is 0 Å². The number of hydrogen-bond donors (Lipinski definition) is 1. The number of hydrogen-bond acceptors (Lipinski definition) is 8. The molecule has 0 amide bonds. The van der Waals surface area contributed by atoms with Gasteiger partial charge in [-0.25, -0.2) is 4.98 Å². The van der Waals surface area contributed by atoms with Gasteiger partial charge in [-0.15, -0.1) is 10.2 Å². The molecule has 3 aromatic carbocycles. The topological polar surface area (TPSA) is 128 Å². The van der Waals surface area contributed by atoms with Crippen LogP contribution in [-0.4, -0.2) is 36.6 Å². The monoisotopic (exact) mass is 485 g/mol. The molecule has 0 saturated heterocycles. The Morgan fingerprint density at radius 2 is 1.69 bits per heavy atom. The summed E-state index contributed by atoms with van der Waals surface area (Å²) < 4.78 is 5.70. The van der Waals surface area contributed by atoms with E-state index < -0.39 is 4.92 Å². The summed E-state index contributed by atoms with van der Waals surface area (Å²) in [6.07, 6.45) is 0. The van der Waals surface area contributed by atoms with Crippen LogP contribution >= 0.6 is 11.8 Å². The summed E-state index contributed by atoms with van der Waals surface area (Å²) in [6.45, 7) is 4.15. The molecule has 0 fully saturated rings. The van der Waals surface area contributed by atoms with Crippen LogP contribution in [0.25, 0.3) is 33.9 Å². The van der Waals surface area contributed by atoms with Crippen molar-refractivity contribution >= 4 is 34.3 Å². The van der Waals surface area contributed by atoms with Crippen LogP contribution in [0.4, 0.5) is 5.69 Å². The lowest BCUT2D eigenvalue weighted by Crippen LogP contribution is -2.02. The van der Waals surface area contributed by atoms with E-state index in [1.54, 1.807) is 0 Å². The Balaban J connectivity index is 1.25. The highest BCUT2D eigenvalue weighted by Crippen LogP contribution is 2.27. The third-order valence-corrected chi connectivity index (χ3v) is 6.45. The first kappa shape index (κ1) is 22.5. The third-order valence-electron chi connectivity index (χ3n) is 5.64. The molecule has 0 saturated carbocycles. The zero-order valence-corrected chi connectivity index (χ0v) is 19.6. The van der Waals surface area contributed by atoms with E-state index in [1.807, 2.05) is 24.3 Å². The second-order valence-electron chi connectivity index (χ2n) is 8.01. The third kappa shape index (κ3) is 4.69. The molecule has 9 nitrogen and oxygen atoms in total. The normalized spacial score (nSPS) is 11.1. The molecule has 10 heteroatoms. The summed E-state index contributed by atoms with van der Waals surface area (Å²) in [7, 11) is 0. The largest absolute Gasteiger partial charge is 0.411 e. The van der Waals surface area contributed by atoms with Gasteiger partial charge in [0.15, 0.2) is 5.78 Å². The predicted octanol–water partition coefficient (Wildman–Crippen LogP) is 5.78. The number of imidazole rings is 1. The van der Waals surface area contributed by atoms with Crippen molar-refractivity contribution in [1.82, 2.24) is 20.2 Å². The van der Waals surface area contributed by atoms with Crippen LogP contribution in [0.2, 0.25) is 0 Å². The standard InChI is InChI=1S/C25H19N5O4S/c1-14-11-20-21(12-15(14)2)27-23(26-20)17-3-5-18(6-4-17)24-28-29-25(34-24)35-13-22(31)16-7-9-19(10-8-16)30(32)33/h3-12H,13H2,1-2H3,(H,26,27). The minimum absolute atomic E-state index is 0.0627. The minimum Gasteiger partial charge on any atom is -0.411 e. The second-order valence-corrected chi connectivity index (χ2v) is 8.93. The summed E-state index contributed by atoms with van der Waals surface area (Å²) in [6, 6.07) is 17.3. The lowest BCUT2D eigenvalue weighted by Gasteiger charge is -1.99.